The third kappa shape index (κ3) is 2.98. The Labute approximate surface area is 106 Å². The smallest absolute Gasteiger partial charge is 0.239 e. The van der Waals surface area contributed by atoms with Crippen molar-refractivity contribution in [1.29, 1.82) is 0 Å². The van der Waals surface area contributed by atoms with Gasteiger partial charge in [0.15, 0.2) is 5.82 Å². The number of halogens is 1. The lowest BCUT2D eigenvalue weighted by atomic mass is 9.86. The molecule has 2 rings (SSSR count). The Balaban J connectivity index is 2.11. The molecule has 6 heteroatoms. The number of hydrogen-bond donors (Lipinski definition) is 3. The SMILES string of the molecule is CC1CCCCC1Nc1nc(NN)ncc1Cl. The second-order valence-electron chi connectivity index (χ2n) is 4.55. The van der Waals surface area contributed by atoms with E-state index in [4.69, 9.17) is 17.4 Å². The van der Waals surface area contributed by atoms with Gasteiger partial charge in [-0.15, -0.1) is 0 Å². The van der Waals surface area contributed by atoms with E-state index in [0.29, 0.717) is 28.7 Å². The number of hydrazine groups is 1. The van der Waals surface area contributed by atoms with E-state index in [1.807, 2.05) is 0 Å². The molecule has 0 bridgehead atoms. The molecule has 0 aliphatic heterocycles. The highest BCUT2D eigenvalue weighted by Crippen LogP contribution is 2.28. The fourth-order valence-electron chi connectivity index (χ4n) is 2.24. The van der Waals surface area contributed by atoms with E-state index >= 15 is 0 Å². The van der Waals surface area contributed by atoms with E-state index in [1.54, 1.807) is 6.20 Å². The molecule has 1 saturated carbocycles. The van der Waals surface area contributed by atoms with Crippen LogP contribution in [0.4, 0.5) is 11.8 Å². The minimum atomic E-state index is 0.375. The number of nitrogens with two attached hydrogens (primary N) is 1. The molecule has 1 fully saturated rings. The van der Waals surface area contributed by atoms with Crippen LogP contribution in [-0.2, 0) is 0 Å². The van der Waals surface area contributed by atoms with Gasteiger partial charge in [0.2, 0.25) is 5.95 Å². The van der Waals surface area contributed by atoms with E-state index in [0.717, 1.165) is 6.42 Å². The van der Waals surface area contributed by atoms with Crippen molar-refractivity contribution >= 4 is 23.4 Å². The Morgan fingerprint density at radius 2 is 2.18 bits per heavy atom. The summed E-state index contributed by atoms with van der Waals surface area (Å²) in [6.07, 6.45) is 6.54. The summed E-state index contributed by atoms with van der Waals surface area (Å²) < 4.78 is 0. The summed E-state index contributed by atoms with van der Waals surface area (Å²) in [5.74, 6) is 6.96. The standard InChI is InChI=1S/C11H18ClN5/c1-7-4-2-3-5-9(7)15-10-8(12)6-14-11(16-10)17-13/h6-7,9H,2-5,13H2,1H3,(H2,14,15,16,17). The average Bonchev–Trinajstić information content (AvgIpc) is 2.35. The summed E-state index contributed by atoms with van der Waals surface area (Å²) in [4.78, 5) is 8.18. The summed E-state index contributed by atoms with van der Waals surface area (Å²) in [6.45, 7) is 2.26. The molecule has 1 aromatic rings. The molecule has 4 N–H and O–H groups in total. The van der Waals surface area contributed by atoms with Crippen LogP contribution in [-0.4, -0.2) is 16.0 Å². The highest BCUT2D eigenvalue weighted by molar-refractivity contribution is 6.32. The van der Waals surface area contributed by atoms with E-state index in [-0.39, 0.29) is 0 Å². The third-order valence-electron chi connectivity index (χ3n) is 3.31. The van der Waals surface area contributed by atoms with Gasteiger partial charge in [0, 0.05) is 6.04 Å². The lowest BCUT2D eigenvalue weighted by Crippen LogP contribution is -2.31. The van der Waals surface area contributed by atoms with Gasteiger partial charge in [0.25, 0.3) is 0 Å². The monoisotopic (exact) mass is 255 g/mol. The predicted molar refractivity (Wildman–Crippen MR) is 69.9 cm³/mol. The number of rotatable bonds is 3. The van der Waals surface area contributed by atoms with Crippen LogP contribution in [0.3, 0.4) is 0 Å². The fourth-order valence-corrected chi connectivity index (χ4v) is 2.39. The molecule has 17 heavy (non-hydrogen) atoms. The zero-order valence-electron chi connectivity index (χ0n) is 9.91. The van der Waals surface area contributed by atoms with Crippen molar-refractivity contribution in [2.24, 2.45) is 11.8 Å². The Morgan fingerprint density at radius 1 is 1.41 bits per heavy atom. The molecule has 5 nitrogen and oxygen atoms in total. The Bertz CT molecular complexity index is 384. The minimum absolute atomic E-state index is 0.375. The highest BCUT2D eigenvalue weighted by Gasteiger charge is 2.22. The van der Waals surface area contributed by atoms with Crippen LogP contribution in [0.5, 0.6) is 0 Å². The van der Waals surface area contributed by atoms with Crippen molar-refractivity contribution in [3.05, 3.63) is 11.2 Å². The summed E-state index contributed by atoms with van der Waals surface area (Å²) in [5.41, 5.74) is 2.42. The molecular formula is C11H18ClN5. The molecule has 0 saturated heterocycles. The first kappa shape index (κ1) is 12.4. The zero-order valence-corrected chi connectivity index (χ0v) is 10.7. The normalized spacial score (nSPS) is 24.4. The van der Waals surface area contributed by atoms with Gasteiger partial charge in [-0.2, -0.15) is 4.98 Å². The molecule has 1 heterocycles. The Kier molecular flexibility index (Phi) is 4.02. The molecule has 1 aromatic heterocycles. The van der Waals surface area contributed by atoms with Gasteiger partial charge in [0.1, 0.15) is 5.02 Å². The van der Waals surface area contributed by atoms with Crippen LogP contribution in [0.15, 0.2) is 6.20 Å². The van der Waals surface area contributed by atoms with Crippen molar-refractivity contribution in [3.8, 4) is 0 Å². The zero-order chi connectivity index (χ0) is 12.3. The minimum Gasteiger partial charge on any atom is -0.366 e. The van der Waals surface area contributed by atoms with Crippen LogP contribution < -0.4 is 16.6 Å². The van der Waals surface area contributed by atoms with Gasteiger partial charge in [0.05, 0.1) is 6.20 Å². The summed E-state index contributed by atoms with van der Waals surface area (Å²) >= 11 is 6.06. The third-order valence-corrected chi connectivity index (χ3v) is 3.58. The van der Waals surface area contributed by atoms with E-state index in [2.05, 4.69) is 27.6 Å². The number of nitrogens with one attached hydrogen (secondary N) is 2. The quantitative estimate of drug-likeness (QED) is 0.571. The van der Waals surface area contributed by atoms with Crippen LogP contribution in [0.2, 0.25) is 5.02 Å². The highest BCUT2D eigenvalue weighted by atomic mass is 35.5. The van der Waals surface area contributed by atoms with Gasteiger partial charge in [-0.05, 0) is 18.8 Å². The van der Waals surface area contributed by atoms with E-state index in [1.165, 1.54) is 19.3 Å². The molecule has 2 atom stereocenters. The first-order valence-corrected chi connectivity index (χ1v) is 6.34. The number of hydrogen-bond acceptors (Lipinski definition) is 5. The molecule has 0 spiro atoms. The summed E-state index contributed by atoms with van der Waals surface area (Å²) in [5, 5.41) is 3.92. The number of anilines is 2. The molecule has 1 aliphatic rings. The second kappa shape index (κ2) is 5.51. The first-order chi connectivity index (χ1) is 8.20. The maximum Gasteiger partial charge on any atom is 0.239 e. The molecule has 0 amide bonds. The van der Waals surface area contributed by atoms with Gasteiger partial charge in [-0.1, -0.05) is 31.4 Å². The van der Waals surface area contributed by atoms with Gasteiger partial charge in [-0.25, -0.2) is 10.8 Å². The fraction of sp³-hybridized carbons (Fsp3) is 0.636. The lowest BCUT2D eigenvalue weighted by Gasteiger charge is -2.30. The van der Waals surface area contributed by atoms with Crippen LogP contribution in [0.1, 0.15) is 32.6 Å². The van der Waals surface area contributed by atoms with E-state index in [9.17, 15) is 0 Å². The summed E-state index contributed by atoms with van der Waals surface area (Å²) in [7, 11) is 0. The van der Waals surface area contributed by atoms with Crippen molar-refractivity contribution in [1.82, 2.24) is 9.97 Å². The first-order valence-electron chi connectivity index (χ1n) is 5.96. The van der Waals surface area contributed by atoms with Crippen LogP contribution in [0.25, 0.3) is 0 Å². The molecular weight excluding hydrogens is 238 g/mol. The summed E-state index contributed by atoms with van der Waals surface area (Å²) in [6, 6.07) is 0.432. The Morgan fingerprint density at radius 3 is 2.88 bits per heavy atom. The number of nitrogens with zero attached hydrogens (tertiary/aromatic N) is 2. The number of nitrogen functional groups attached to an aromatic ring is 1. The molecule has 1 aliphatic carbocycles. The van der Waals surface area contributed by atoms with Crippen molar-refractivity contribution in [2.45, 2.75) is 38.6 Å². The van der Waals surface area contributed by atoms with Crippen LogP contribution in [0, 0.1) is 5.92 Å². The molecule has 94 valence electrons. The average molecular weight is 256 g/mol. The molecule has 0 aromatic carbocycles. The van der Waals surface area contributed by atoms with Crippen molar-refractivity contribution in [3.63, 3.8) is 0 Å². The van der Waals surface area contributed by atoms with E-state index < -0.39 is 0 Å². The molecule has 0 radical (unpaired) electrons. The van der Waals surface area contributed by atoms with Crippen molar-refractivity contribution in [2.75, 3.05) is 10.7 Å². The second-order valence-corrected chi connectivity index (χ2v) is 4.95. The lowest BCUT2D eigenvalue weighted by molar-refractivity contribution is 0.349. The van der Waals surface area contributed by atoms with Gasteiger partial charge < -0.3 is 5.32 Å². The Hall–Kier alpha value is -1.07. The number of aromatic nitrogens is 2. The van der Waals surface area contributed by atoms with Gasteiger partial charge >= 0.3 is 0 Å². The largest absolute Gasteiger partial charge is 0.366 e. The molecule has 2 unspecified atom stereocenters. The predicted octanol–water partition coefficient (Wildman–Crippen LogP) is 2.41. The van der Waals surface area contributed by atoms with Crippen LogP contribution >= 0.6 is 11.6 Å². The topological polar surface area (TPSA) is 75.9 Å². The van der Waals surface area contributed by atoms with Crippen molar-refractivity contribution < 1.29 is 0 Å². The maximum absolute atomic E-state index is 6.06. The maximum atomic E-state index is 6.06. The van der Waals surface area contributed by atoms with Gasteiger partial charge in [-0.3, -0.25) is 5.43 Å².